The maximum atomic E-state index is 12.7. The summed E-state index contributed by atoms with van der Waals surface area (Å²) in [5.74, 6) is 0.445. The average Bonchev–Trinajstić information content (AvgIpc) is 2.95. The van der Waals surface area contributed by atoms with Crippen LogP contribution in [0.25, 0.3) is 33.4 Å². The van der Waals surface area contributed by atoms with Gasteiger partial charge >= 0.3 is 46.2 Å². The molecular formula is C29H36MoN2O10Si. The molecule has 0 amide bonds. The molecule has 0 radical (unpaired) electrons. The third kappa shape index (κ3) is 9.89. The second-order valence-corrected chi connectivity index (χ2v) is 11.7. The van der Waals surface area contributed by atoms with Crippen molar-refractivity contribution in [3.05, 3.63) is 71.6 Å². The number of hydrogen-bond donors (Lipinski definition) is 3. The summed E-state index contributed by atoms with van der Waals surface area (Å²) >= 11 is -5.52. The topological polar surface area (TPSA) is 181 Å². The number of hydrogen-bond acceptors (Lipinski definition) is 8. The van der Waals surface area contributed by atoms with E-state index in [0.29, 0.717) is 5.56 Å². The van der Waals surface area contributed by atoms with Gasteiger partial charge in [0.1, 0.15) is 24.4 Å². The maximum absolute atomic E-state index is 12.7. The summed E-state index contributed by atoms with van der Waals surface area (Å²) in [7, 11) is -1.96. The summed E-state index contributed by atoms with van der Waals surface area (Å²) in [6.45, 7) is 12.3. The normalized spacial score (nSPS) is 10.7. The van der Waals surface area contributed by atoms with Crippen molar-refractivity contribution in [2.45, 2.75) is 27.7 Å². The zero-order valence-corrected chi connectivity index (χ0v) is 27.6. The number of rotatable bonds is 7. The van der Waals surface area contributed by atoms with Gasteiger partial charge in [0, 0.05) is 47.4 Å². The van der Waals surface area contributed by atoms with Crippen molar-refractivity contribution >= 4 is 31.8 Å². The number of carbonyl (C=O) groups is 1. The Morgan fingerprint density at radius 3 is 2.09 bits per heavy atom. The van der Waals surface area contributed by atoms with Crippen LogP contribution in [0.5, 0.6) is 0 Å². The monoisotopic (exact) mass is 698 g/mol. The Hall–Kier alpha value is -3.77. The molecule has 0 saturated heterocycles. The van der Waals surface area contributed by atoms with E-state index in [2.05, 4.69) is 73.6 Å². The van der Waals surface area contributed by atoms with Gasteiger partial charge in [0.15, 0.2) is 0 Å². The quantitative estimate of drug-likeness (QED) is 0.111. The van der Waals surface area contributed by atoms with Crippen molar-refractivity contribution in [1.29, 1.82) is 0 Å². The summed E-state index contributed by atoms with van der Waals surface area (Å²) in [4.78, 5) is 30.6. The van der Waals surface area contributed by atoms with E-state index in [-0.39, 0.29) is 5.97 Å². The Balaban J connectivity index is 0.000000630. The molecule has 0 aromatic heterocycles. The summed E-state index contributed by atoms with van der Waals surface area (Å²) in [6.07, 6.45) is 0. The van der Waals surface area contributed by atoms with Crippen LogP contribution in [0.1, 0.15) is 38.1 Å². The fourth-order valence-corrected chi connectivity index (χ4v) is 4.72. The van der Waals surface area contributed by atoms with Gasteiger partial charge in [0.2, 0.25) is 5.36 Å². The van der Waals surface area contributed by atoms with Crippen LogP contribution in [0, 0.1) is 0 Å². The summed E-state index contributed by atoms with van der Waals surface area (Å²) in [6, 6.07) is 20.3. The van der Waals surface area contributed by atoms with Gasteiger partial charge in [0.25, 0.3) is 0 Å². The molecule has 0 saturated carbocycles. The van der Waals surface area contributed by atoms with Crippen LogP contribution in [0.4, 0.5) is 5.69 Å². The molecule has 232 valence electrons. The van der Waals surface area contributed by atoms with Crippen LogP contribution in [0.2, 0.25) is 0 Å². The summed E-state index contributed by atoms with van der Waals surface area (Å²) in [5, 5.41) is 2.09. The van der Waals surface area contributed by atoms with Crippen molar-refractivity contribution in [2.75, 3.05) is 38.2 Å². The number of anilines is 1. The number of esters is 1. The Kier molecular flexibility index (Phi) is 13.3. The van der Waals surface area contributed by atoms with Crippen LogP contribution in [0.15, 0.2) is 65.1 Å². The summed E-state index contributed by atoms with van der Waals surface area (Å²) < 4.78 is 54.6. The number of ether oxygens (including phenoxy) is 1. The van der Waals surface area contributed by atoms with Gasteiger partial charge in [0.05, 0.1) is 18.7 Å². The van der Waals surface area contributed by atoms with Gasteiger partial charge in [-0.2, -0.15) is 0 Å². The molecule has 1 aliphatic heterocycles. The molecule has 0 fully saturated rings. The Labute approximate surface area is 254 Å². The minimum atomic E-state index is -5.52. The molecule has 4 rings (SSSR count). The molecule has 1 aliphatic carbocycles. The molecule has 2 aromatic carbocycles. The van der Waals surface area contributed by atoms with Crippen LogP contribution in [-0.2, 0) is 32.7 Å². The number of benzene rings is 3. The SMILES string of the molecule is CCN(CC)c1ccc2c(-c3ccccc3C(=O)OC)c3ccc(=[N+](CC)CC)cc-3oc2c1.O=[Si]([O-])O.[O]=[Mo](=[O])([OH])[OH]. The molecule has 12 nitrogen and oxygen atoms in total. The molecule has 0 unspecified atom stereocenters. The molecule has 2 aromatic rings. The van der Waals surface area contributed by atoms with Crippen molar-refractivity contribution in [1.82, 2.24) is 4.58 Å². The third-order valence-corrected chi connectivity index (χ3v) is 6.55. The second-order valence-electron chi connectivity index (χ2n) is 8.93. The average molecular weight is 697 g/mol. The molecule has 43 heavy (non-hydrogen) atoms. The fourth-order valence-electron chi connectivity index (χ4n) is 4.72. The number of methoxy groups -OCH3 is 1. The van der Waals surface area contributed by atoms with Crippen molar-refractivity contribution < 1.29 is 59.1 Å². The summed E-state index contributed by atoms with van der Waals surface area (Å²) in [5.41, 5.74) is 5.24. The van der Waals surface area contributed by atoms with E-state index in [9.17, 15) is 4.79 Å². The van der Waals surface area contributed by atoms with E-state index in [1.807, 2.05) is 24.3 Å². The standard InChI is InChI=1S/C29H33N2O3.Mo.HO3Si.2H2O.2O/c1-6-30(7-2)20-14-16-24-26(18-20)34-27-19-21(31(8-3)9-4)15-17-25(27)28(24)22-12-10-11-13-23(22)29(32)33-5;;1-4(2)3;;;;/h10-19H,6-9H2,1-5H3;;1H;2*1H2;;/q+1;+2;-1;;;;/p-2. The first-order chi connectivity index (χ1) is 20.3. The molecule has 3 N–H and O–H groups in total. The van der Waals surface area contributed by atoms with E-state index in [4.69, 9.17) is 37.5 Å². The molecule has 14 heteroatoms. The van der Waals surface area contributed by atoms with E-state index >= 15 is 0 Å². The van der Waals surface area contributed by atoms with Crippen LogP contribution in [0.3, 0.4) is 0 Å². The van der Waals surface area contributed by atoms with Crippen molar-refractivity contribution in [2.24, 2.45) is 0 Å². The van der Waals surface area contributed by atoms with Crippen molar-refractivity contribution in [3.63, 3.8) is 0 Å². The zero-order valence-electron chi connectivity index (χ0n) is 24.6. The van der Waals surface area contributed by atoms with Crippen LogP contribution in [-0.4, -0.2) is 60.7 Å². The predicted molar refractivity (Wildman–Crippen MR) is 154 cm³/mol. The van der Waals surface area contributed by atoms with E-state index < -0.39 is 25.9 Å². The van der Waals surface area contributed by atoms with Crippen LogP contribution < -0.4 is 19.6 Å². The van der Waals surface area contributed by atoms with E-state index in [1.165, 1.54) is 7.11 Å². The molecule has 2 aliphatic rings. The molecular weight excluding hydrogens is 660 g/mol. The van der Waals surface area contributed by atoms with Crippen LogP contribution >= 0.6 is 0 Å². The Bertz CT molecular complexity index is 1700. The number of carbonyl (C=O) groups excluding carboxylic acids is 1. The minimum absolute atomic E-state index is 0.350. The van der Waals surface area contributed by atoms with Gasteiger partial charge in [-0.15, -0.1) is 0 Å². The molecule has 0 atom stereocenters. The number of fused-ring (bicyclic) bond motifs is 2. The van der Waals surface area contributed by atoms with E-state index in [1.54, 1.807) is 0 Å². The predicted octanol–water partition coefficient (Wildman–Crippen LogP) is 2.05. The van der Waals surface area contributed by atoms with Gasteiger partial charge < -0.3 is 28.1 Å². The van der Waals surface area contributed by atoms with Gasteiger partial charge in [-0.3, -0.25) is 0 Å². The Morgan fingerprint density at radius 1 is 0.977 bits per heavy atom. The van der Waals surface area contributed by atoms with Crippen molar-refractivity contribution in [3.8, 4) is 22.5 Å². The fraction of sp³-hybridized carbons (Fsp3) is 0.310. The van der Waals surface area contributed by atoms with Gasteiger partial charge in [-0.1, -0.05) is 18.2 Å². The van der Waals surface area contributed by atoms with Gasteiger partial charge in [-0.25, -0.2) is 9.37 Å². The molecule has 0 spiro atoms. The second kappa shape index (κ2) is 16.2. The van der Waals surface area contributed by atoms with E-state index in [0.717, 1.165) is 70.6 Å². The molecule has 0 bridgehead atoms. The zero-order chi connectivity index (χ0) is 32.3. The first-order valence-electron chi connectivity index (χ1n) is 13.4. The van der Waals surface area contributed by atoms with Gasteiger partial charge in [-0.05, 0) is 57.5 Å². The first kappa shape index (κ1) is 35.4. The molecule has 1 heterocycles. The first-order valence-corrected chi connectivity index (χ1v) is 18.1. The third-order valence-electron chi connectivity index (χ3n) is 6.55. The Morgan fingerprint density at radius 2 is 1.56 bits per heavy atom. The number of nitrogens with zero attached hydrogens (tertiary/aromatic N) is 2.